The van der Waals surface area contributed by atoms with Crippen molar-refractivity contribution in [1.82, 2.24) is 35.3 Å². The number of aryl methyl sites for hydroxylation is 5. The monoisotopic (exact) mass is 1910 g/mol. The van der Waals surface area contributed by atoms with Crippen molar-refractivity contribution >= 4 is 97.6 Å². The van der Waals surface area contributed by atoms with Crippen LogP contribution in [0.5, 0.6) is 0 Å². The molecule has 39 heteroatoms. The Morgan fingerprint density at radius 1 is 0.493 bits per heavy atom. The van der Waals surface area contributed by atoms with E-state index in [2.05, 4.69) is 60.3 Å². The number of allylic oxidation sites excluding steroid dienone is 2. The van der Waals surface area contributed by atoms with Crippen molar-refractivity contribution in [3.8, 4) is 0 Å². The van der Waals surface area contributed by atoms with Crippen molar-refractivity contribution < 1.29 is 109 Å². The number of nitrogens with zero attached hydrogens (tertiary/aromatic N) is 5. The molecule has 10 aromatic rings. The fourth-order valence-electron chi connectivity index (χ4n) is 15.6. The van der Waals surface area contributed by atoms with Gasteiger partial charge in [-0.15, -0.1) is 22.7 Å². The number of carbonyl (C=O) groups is 7. The molecule has 134 heavy (non-hydrogen) atoms. The maximum Gasteiger partial charge on any atom is 0.352 e. The highest BCUT2D eigenvalue weighted by Crippen LogP contribution is 2.45. The Morgan fingerprint density at radius 2 is 0.896 bits per heavy atom. The van der Waals surface area contributed by atoms with Crippen LogP contribution < -0.4 is 43.0 Å². The maximum atomic E-state index is 15.4. The zero-order valence-corrected chi connectivity index (χ0v) is 74.9. The lowest BCUT2D eigenvalue weighted by atomic mass is 9.78. The van der Waals surface area contributed by atoms with Crippen molar-refractivity contribution in [2.45, 2.75) is 124 Å². The number of ether oxygens (including phenoxy) is 1. The van der Waals surface area contributed by atoms with Gasteiger partial charge in [0.15, 0.2) is 5.13 Å². The number of hydrogen-bond donors (Lipinski definition) is 9. The van der Waals surface area contributed by atoms with Gasteiger partial charge in [0.25, 0.3) is 35.4 Å². The Hall–Kier alpha value is -13.0. The number of thiazole rings is 2. The molecule has 0 aliphatic carbocycles. The molecule has 5 aliphatic heterocycles. The highest BCUT2D eigenvalue weighted by molar-refractivity contribution is 7.15. The lowest BCUT2D eigenvalue weighted by Gasteiger charge is -2.47. The molecule has 3 unspecified atom stereocenters. The smallest absolute Gasteiger partial charge is 0.352 e. The summed E-state index contributed by atoms with van der Waals surface area (Å²) in [6.45, 7) is 21.8. The largest absolute Gasteiger partial charge is 0.398 e. The molecule has 7 amide bonds. The molecule has 7 heterocycles. The molecular weight excluding hydrogens is 1820 g/mol. The normalized spacial score (nSPS) is 16.8. The quantitative estimate of drug-likeness (QED) is 0.0253. The fraction of sp³-hybridized carbons (Fsp3) is 0.316. The standard InChI is InChI=1S/C25H29F3N4O3.C24H24F4N2O3.C23H20F4N4OS.C23H19F4N3O2S/c1-14-11-17(6-7-19(14)26)31-22(34)16-5-8-20(29)18(12-16)25(27,28)23(35)32-10-9-21(30-15(2)33)24(3,4)13-32;1-13-7-18(4-6-20(13)25)29-23(32)15-3-5-21(26)19(8-15)24(27,28)14(2)30-9-16-11-33-12-17(10-30)22(16)31;1-12-9-15(4-6-17(12)24)30-21(32)14-3-5-18(25)16(10-14)23(26,27)13(2)29-22-31-19-11-28-8-7-20(19)33-22;1-12-9-15(4-6-17(12)24)29-21(31)14-3-5-18(25)16(10-14)23(26,27)22(32)30-8-7-20-19(11-30)28-13(2)33-20/h5-8,11-12,21H,9-10,13,29H2,1-4H3,(H,30,33)(H,31,34);3-8,16-17,22,31H,2,9-12H2,1H3,(H,29,32);3-6,9-10,28H,2,7-8,11H2,1H3,(H,29,31)(H,30,32);3-6,9-10H,7-8,11H2,1-2H3,(H,29,31). The molecular formula is C95H92F15N13O9S2. The Labute approximate surface area is 767 Å². The number of nitrogens with two attached hydrogens (primary N) is 1. The van der Waals surface area contributed by atoms with Crippen molar-refractivity contribution in [3.63, 3.8) is 0 Å². The fourth-order valence-corrected chi connectivity index (χ4v) is 17.5. The lowest BCUT2D eigenvalue weighted by Crippen LogP contribution is -2.58. The number of aromatic nitrogens is 2. The molecule has 8 aromatic carbocycles. The highest BCUT2D eigenvalue weighted by atomic mass is 32.1. The van der Waals surface area contributed by atoms with Gasteiger partial charge in [-0.3, -0.25) is 33.6 Å². The minimum absolute atomic E-state index is 0.0103. The minimum atomic E-state index is -4.19. The summed E-state index contributed by atoms with van der Waals surface area (Å²) in [4.78, 5) is 101. The average molecular weight is 1910 g/mol. The van der Waals surface area contributed by atoms with Gasteiger partial charge in [-0.2, -0.15) is 35.1 Å². The second-order valence-electron chi connectivity index (χ2n) is 33.5. The molecule has 0 spiro atoms. The summed E-state index contributed by atoms with van der Waals surface area (Å²) >= 11 is 2.71. The van der Waals surface area contributed by atoms with E-state index in [1.165, 1.54) is 135 Å². The number of rotatable bonds is 20. The number of aliphatic hydroxyl groups excluding tert-OH is 1. The Balaban J connectivity index is 0.000000161. The third-order valence-corrected chi connectivity index (χ3v) is 25.2. The van der Waals surface area contributed by atoms with E-state index in [1.807, 2.05) is 0 Å². The maximum absolute atomic E-state index is 15.4. The number of nitrogen functional groups attached to an aromatic ring is 1. The van der Waals surface area contributed by atoms with E-state index < -0.39 is 145 Å². The Kier molecular flexibility index (Phi) is 30.5. The van der Waals surface area contributed by atoms with Crippen molar-refractivity contribution in [1.29, 1.82) is 0 Å². The van der Waals surface area contributed by atoms with Crippen LogP contribution in [0.2, 0.25) is 0 Å². The van der Waals surface area contributed by atoms with Gasteiger partial charge in [0.05, 0.1) is 75.9 Å². The number of alkyl halides is 8. The second kappa shape index (κ2) is 40.8. The molecule has 10 N–H and O–H groups in total. The molecule has 3 saturated heterocycles. The van der Waals surface area contributed by atoms with Gasteiger partial charge in [0.2, 0.25) is 5.91 Å². The number of piperidine rings is 2. The number of halogens is 15. The number of fused-ring (bicyclic) bond motifs is 4. The van der Waals surface area contributed by atoms with Gasteiger partial charge in [-0.25, -0.2) is 40.7 Å². The van der Waals surface area contributed by atoms with Crippen LogP contribution in [0.1, 0.15) is 139 Å². The summed E-state index contributed by atoms with van der Waals surface area (Å²) in [5.74, 6) is -28.1. The van der Waals surface area contributed by atoms with E-state index in [4.69, 9.17) is 10.5 Å². The van der Waals surface area contributed by atoms with Gasteiger partial charge in [0.1, 0.15) is 40.7 Å². The number of aliphatic hydroxyl groups is 1. The number of carbonyl (C=O) groups excluding carboxylic acids is 7. The van der Waals surface area contributed by atoms with E-state index in [0.717, 1.165) is 110 Å². The van der Waals surface area contributed by atoms with Gasteiger partial charge < -0.3 is 67.5 Å². The van der Waals surface area contributed by atoms with E-state index in [0.29, 0.717) is 53.5 Å². The first-order valence-electron chi connectivity index (χ1n) is 41.8. The zero-order chi connectivity index (χ0) is 97.7. The minimum Gasteiger partial charge on any atom is -0.398 e. The van der Waals surface area contributed by atoms with Crippen LogP contribution in [-0.2, 0) is 68.7 Å². The van der Waals surface area contributed by atoms with E-state index in [1.54, 1.807) is 20.8 Å². The van der Waals surface area contributed by atoms with Gasteiger partial charge >= 0.3 is 23.7 Å². The number of nitrogens with one attached hydrogen (secondary N) is 7. The van der Waals surface area contributed by atoms with Crippen LogP contribution in [0.25, 0.3) is 0 Å². The molecule has 5 aliphatic rings. The SMILES string of the molecule is C=C(N1CC2COCC(C1)C2O)C(F)(F)c1cc(C(=O)Nc2ccc(F)c(C)c2)ccc1F.C=C(Nc1nc2c(s1)CCNC2)C(F)(F)c1cc(C(=O)Nc2ccc(F)c(C)c2)ccc1F.CC(=O)NC1CCN(C(=O)C(F)(F)c2cc(C(=O)Nc3ccc(F)c(C)c3)ccc2N)CC1(C)C.Cc1nc2c(s1)CCN(C(=O)C(F)(F)c1cc(C(=O)Nc3ccc(F)c(C)c3)ccc1F)C2. The Bertz CT molecular complexity index is 6200. The first-order chi connectivity index (χ1) is 63.0. The van der Waals surface area contributed by atoms with Crippen LogP contribution in [0, 0.1) is 92.6 Å². The van der Waals surface area contributed by atoms with E-state index in [-0.39, 0.29) is 132 Å². The van der Waals surface area contributed by atoms with Crippen LogP contribution in [0.4, 0.5) is 99.4 Å². The molecule has 15 rings (SSSR count). The highest BCUT2D eigenvalue weighted by Gasteiger charge is 2.52. The first kappa shape index (κ1) is 100. The third-order valence-electron chi connectivity index (χ3n) is 23.1. The summed E-state index contributed by atoms with van der Waals surface area (Å²) in [7, 11) is 0. The summed E-state index contributed by atoms with van der Waals surface area (Å²) in [5, 5.41) is 29.7. The number of amides is 7. The zero-order valence-electron chi connectivity index (χ0n) is 73.3. The van der Waals surface area contributed by atoms with Crippen LogP contribution >= 0.6 is 22.7 Å². The number of anilines is 6. The Morgan fingerprint density at radius 3 is 1.33 bits per heavy atom. The lowest BCUT2D eigenvalue weighted by molar-refractivity contribution is -0.162. The molecule has 3 fully saturated rings. The number of benzene rings is 8. The van der Waals surface area contributed by atoms with Gasteiger partial charge in [0, 0.05) is 143 Å². The molecule has 22 nitrogen and oxygen atoms in total. The molecule has 0 radical (unpaired) electrons. The van der Waals surface area contributed by atoms with Crippen molar-refractivity contribution in [2.75, 3.05) is 84.8 Å². The van der Waals surface area contributed by atoms with Crippen molar-refractivity contribution in [3.05, 3.63) is 304 Å². The predicted octanol–water partition coefficient (Wildman–Crippen LogP) is 18.2. The molecule has 2 bridgehead atoms. The number of hydrogen-bond acceptors (Lipinski definition) is 17. The summed E-state index contributed by atoms with van der Waals surface area (Å²) in [6, 6.07) is 26.5. The summed E-state index contributed by atoms with van der Waals surface area (Å²) in [6.07, 6.45) is 0.820. The molecule has 0 saturated carbocycles. The van der Waals surface area contributed by atoms with Crippen LogP contribution in [0.15, 0.2) is 170 Å². The third kappa shape index (κ3) is 22.9. The summed E-state index contributed by atoms with van der Waals surface area (Å²) in [5.41, 5.74) is 2.44. The predicted molar refractivity (Wildman–Crippen MR) is 475 cm³/mol. The topological polar surface area (TPSA) is 295 Å². The summed E-state index contributed by atoms with van der Waals surface area (Å²) < 4.78 is 225. The molecule has 708 valence electrons. The van der Waals surface area contributed by atoms with E-state index >= 15 is 35.1 Å². The van der Waals surface area contributed by atoms with Crippen LogP contribution in [-0.4, -0.2) is 136 Å². The van der Waals surface area contributed by atoms with E-state index in [9.17, 15) is 69.4 Å². The second-order valence-corrected chi connectivity index (χ2v) is 35.9. The number of likely N-dealkylation sites (tertiary alicyclic amines) is 2. The van der Waals surface area contributed by atoms with Crippen LogP contribution in [0.3, 0.4) is 0 Å². The van der Waals surface area contributed by atoms with Gasteiger partial charge in [-0.05, 0) is 215 Å². The molecule has 3 atom stereocenters. The van der Waals surface area contributed by atoms with Crippen molar-refractivity contribution in [2.24, 2.45) is 17.3 Å². The first-order valence-corrected chi connectivity index (χ1v) is 43.4. The molecule has 2 aromatic heterocycles. The van der Waals surface area contributed by atoms with Gasteiger partial charge in [-0.1, -0.05) is 27.0 Å². The average Bonchev–Trinajstić information content (AvgIpc) is 1.41.